The predicted octanol–water partition coefficient (Wildman–Crippen LogP) is 3.29. The number of rotatable bonds is 6. The van der Waals surface area contributed by atoms with E-state index in [-0.39, 0.29) is 23.4 Å². The van der Waals surface area contributed by atoms with Crippen LogP contribution < -0.4 is 10.0 Å². The standard InChI is InChI=1S/C23H23N3O3S/c1-16-6-5-9-19(25-16)15-24-30(28,29)20-12-10-17-11-13-22(21(17)14-20)26-23(27)18-7-3-2-4-8-18/h2-10,12,14,22,24H,11,13,15H2,1H3,(H,26,27). The summed E-state index contributed by atoms with van der Waals surface area (Å²) < 4.78 is 28.2. The lowest BCUT2D eigenvalue weighted by Gasteiger charge is -2.15. The number of sulfonamides is 1. The monoisotopic (exact) mass is 421 g/mol. The van der Waals surface area contributed by atoms with Crippen LogP contribution in [0.3, 0.4) is 0 Å². The smallest absolute Gasteiger partial charge is 0.251 e. The maximum Gasteiger partial charge on any atom is 0.251 e. The second-order valence-corrected chi connectivity index (χ2v) is 9.15. The summed E-state index contributed by atoms with van der Waals surface area (Å²) in [7, 11) is -3.70. The third-order valence-corrected chi connectivity index (χ3v) is 6.63. The molecule has 2 aromatic carbocycles. The van der Waals surface area contributed by atoms with Gasteiger partial charge in [-0.1, -0.05) is 30.3 Å². The lowest BCUT2D eigenvalue weighted by molar-refractivity contribution is 0.0936. The number of pyridine rings is 1. The Bertz CT molecular complexity index is 1180. The molecule has 4 rings (SSSR count). The van der Waals surface area contributed by atoms with Crippen molar-refractivity contribution < 1.29 is 13.2 Å². The van der Waals surface area contributed by atoms with Crippen molar-refractivity contribution in [1.29, 1.82) is 0 Å². The van der Waals surface area contributed by atoms with Gasteiger partial charge in [0.2, 0.25) is 10.0 Å². The van der Waals surface area contributed by atoms with E-state index < -0.39 is 10.0 Å². The van der Waals surface area contributed by atoms with Crippen LogP contribution in [0.4, 0.5) is 0 Å². The number of hydrogen-bond donors (Lipinski definition) is 2. The van der Waals surface area contributed by atoms with E-state index in [4.69, 9.17) is 0 Å². The molecular formula is C23H23N3O3S. The Hall–Kier alpha value is -3.03. The maximum absolute atomic E-state index is 12.8. The summed E-state index contributed by atoms with van der Waals surface area (Å²) in [4.78, 5) is 17.0. The number of aryl methyl sites for hydroxylation is 2. The maximum atomic E-state index is 12.8. The molecule has 2 N–H and O–H groups in total. The first-order valence-electron chi connectivity index (χ1n) is 9.83. The molecule has 1 aromatic heterocycles. The van der Waals surface area contributed by atoms with E-state index >= 15 is 0 Å². The molecule has 0 aliphatic heterocycles. The van der Waals surface area contributed by atoms with E-state index in [2.05, 4.69) is 15.0 Å². The number of carbonyl (C=O) groups excluding carboxylic acids is 1. The highest BCUT2D eigenvalue weighted by molar-refractivity contribution is 7.89. The van der Waals surface area contributed by atoms with Crippen molar-refractivity contribution in [2.24, 2.45) is 0 Å². The van der Waals surface area contributed by atoms with Gasteiger partial charge < -0.3 is 5.32 Å². The summed E-state index contributed by atoms with van der Waals surface area (Å²) >= 11 is 0. The number of benzene rings is 2. The fourth-order valence-corrected chi connectivity index (χ4v) is 4.71. The van der Waals surface area contributed by atoms with E-state index in [1.807, 2.05) is 43.3 Å². The Morgan fingerprint density at radius 2 is 1.87 bits per heavy atom. The molecule has 1 amide bonds. The van der Waals surface area contributed by atoms with Crippen LogP contribution in [0.2, 0.25) is 0 Å². The van der Waals surface area contributed by atoms with Crippen LogP contribution >= 0.6 is 0 Å². The second kappa shape index (κ2) is 8.38. The molecular weight excluding hydrogens is 398 g/mol. The van der Waals surface area contributed by atoms with Crippen molar-refractivity contribution in [3.8, 4) is 0 Å². The van der Waals surface area contributed by atoms with Crippen LogP contribution in [0.5, 0.6) is 0 Å². The quantitative estimate of drug-likeness (QED) is 0.639. The SMILES string of the molecule is Cc1cccc(CNS(=O)(=O)c2ccc3c(c2)C(NC(=O)c2ccccc2)CC3)n1. The minimum Gasteiger partial charge on any atom is -0.345 e. The minimum absolute atomic E-state index is 0.120. The second-order valence-electron chi connectivity index (χ2n) is 7.39. The average Bonchev–Trinajstić information content (AvgIpc) is 3.15. The number of carbonyl (C=O) groups is 1. The van der Waals surface area contributed by atoms with Crippen molar-refractivity contribution >= 4 is 15.9 Å². The first kappa shape index (κ1) is 20.3. The van der Waals surface area contributed by atoms with Crippen LogP contribution in [-0.4, -0.2) is 19.3 Å². The van der Waals surface area contributed by atoms with Gasteiger partial charge in [0, 0.05) is 11.3 Å². The van der Waals surface area contributed by atoms with Gasteiger partial charge in [0.25, 0.3) is 5.91 Å². The van der Waals surface area contributed by atoms with Gasteiger partial charge in [-0.15, -0.1) is 0 Å². The largest absolute Gasteiger partial charge is 0.345 e. The van der Waals surface area contributed by atoms with Gasteiger partial charge in [-0.25, -0.2) is 13.1 Å². The third-order valence-electron chi connectivity index (χ3n) is 5.24. The summed E-state index contributed by atoms with van der Waals surface area (Å²) in [6, 6.07) is 19.4. The third kappa shape index (κ3) is 4.42. The molecule has 6 nitrogen and oxygen atoms in total. The number of hydrogen-bond acceptors (Lipinski definition) is 4. The molecule has 1 heterocycles. The topological polar surface area (TPSA) is 88.2 Å². The van der Waals surface area contributed by atoms with Gasteiger partial charge >= 0.3 is 0 Å². The summed E-state index contributed by atoms with van der Waals surface area (Å²) in [6.45, 7) is 1.98. The molecule has 30 heavy (non-hydrogen) atoms. The molecule has 1 atom stereocenters. The van der Waals surface area contributed by atoms with Gasteiger partial charge in [0.1, 0.15) is 0 Å². The Morgan fingerprint density at radius 1 is 1.07 bits per heavy atom. The van der Waals surface area contributed by atoms with E-state index in [0.29, 0.717) is 11.3 Å². The van der Waals surface area contributed by atoms with Gasteiger partial charge in [0.15, 0.2) is 0 Å². The fraction of sp³-hybridized carbons (Fsp3) is 0.217. The van der Waals surface area contributed by atoms with Crippen LogP contribution in [0, 0.1) is 6.92 Å². The van der Waals surface area contributed by atoms with Crippen molar-refractivity contribution in [2.45, 2.75) is 37.2 Å². The summed E-state index contributed by atoms with van der Waals surface area (Å²) in [6.07, 6.45) is 1.55. The zero-order valence-corrected chi connectivity index (χ0v) is 17.4. The normalized spacial score (nSPS) is 15.6. The molecule has 0 bridgehead atoms. The van der Waals surface area contributed by atoms with E-state index in [1.165, 1.54) is 0 Å². The van der Waals surface area contributed by atoms with E-state index in [1.54, 1.807) is 30.3 Å². The van der Waals surface area contributed by atoms with Gasteiger partial charge in [-0.2, -0.15) is 0 Å². The number of aromatic nitrogens is 1. The molecule has 7 heteroatoms. The highest BCUT2D eigenvalue weighted by atomic mass is 32.2. The number of nitrogens with one attached hydrogen (secondary N) is 2. The van der Waals surface area contributed by atoms with Crippen molar-refractivity contribution in [3.05, 3.63) is 94.8 Å². The van der Waals surface area contributed by atoms with Crippen molar-refractivity contribution in [3.63, 3.8) is 0 Å². The Balaban J connectivity index is 1.51. The first-order chi connectivity index (χ1) is 14.4. The molecule has 1 aliphatic carbocycles. The van der Waals surface area contributed by atoms with Gasteiger partial charge in [-0.3, -0.25) is 9.78 Å². The Kier molecular flexibility index (Phi) is 5.65. The predicted molar refractivity (Wildman–Crippen MR) is 114 cm³/mol. The fourth-order valence-electron chi connectivity index (χ4n) is 3.68. The van der Waals surface area contributed by atoms with Crippen molar-refractivity contribution in [1.82, 2.24) is 15.0 Å². The molecule has 0 fully saturated rings. The molecule has 1 aliphatic rings. The van der Waals surface area contributed by atoms with Crippen LogP contribution in [0.25, 0.3) is 0 Å². The summed E-state index contributed by atoms with van der Waals surface area (Å²) in [5, 5.41) is 3.03. The number of fused-ring (bicyclic) bond motifs is 1. The molecule has 0 saturated carbocycles. The highest BCUT2D eigenvalue weighted by Gasteiger charge is 2.26. The molecule has 3 aromatic rings. The molecule has 154 valence electrons. The Labute approximate surface area is 176 Å². The number of nitrogens with zero attached hydrogens (tertiary/aromatic N) is 1. The van der Waals surface area contributed by atoms with Gasteiger partial charge in [-0.05, 0) is 67.3 Å². The average molecular weight is 422 g/mol. The lowest BCUT2D eigenvalue weighted by Crippen LogP contribution is -2.27. The molecule has 0 spiro atoms. The Morgan fingerprint density at radius 3 is 2.63 bits per heavy atom. The highest BCUT2D eigenvalue weighted by Crippen LogP contribution is 2.33. The van der Waals surface area contributed by atoms with Crippen molar-refractivity contribution in [2.75, 3.05) is 0 Å². The number of amides is 1. The van der Waals surface area contributed by atoms with E-state index in [0.717, 1.165) is 29.7 Å². The first-order valence-corrected chi connectivity index (χ1v) is 11.3. The molecule has 0 radical (unpaired) electrons. The molecule has 0 saturated heterocycles. The summed E-state index contributed by atoms with van der Waals surface area (Å²) in [5.74, 6) is -0.162. The van der Waals surface area contributed by atoms with Crippen LogP contribution in [0.15, 0.2) is 71.6 Å². The van der Waals surface area contributed by atoms with Crippen LogP contribution in [0.1, 0.15) is 45.3 Å². The zero-order valence-electron chi connectivity index (χ0n) is 16.6. The zero-order chi connectivity index (χ0) is 21.1. The summed E-state index contributed by atoms with van der Waals surface area (Å²) in [5.41, 5.74) is 4.00. The van der Waals surface area contributed by atoms with Gasteiger partial charge in [0.05, 0.1) is 23.2 Å². The minimum atomic E-state index is -3.70. The van der Waals surface area contributed by atoms with Crippen LogP contribution in [-0.2, 0) is 23.0 Å². The van der Waals surface area contributed by atoms with E-state index in [9.17, 15) is 13.2 Å². The lowest BCUT2D eigenvalue weighted by atomic mass is 10.1. The molecule has 1 unspecified atom stereocenters.